The first kappa shape index (κ1) is 23.6. The van der Waals surface area contributed by atoms with Crippen LogP contribution in [0.3, 0.4) is 0 Å². The molecule has 1 N–H and O–H groups in total. The van der Waals surface area contributed by atoms with E-state index in [0.29, 0.717) is 19.0 Å². The van der Waals surface area contributed by atoms with Gasteiger partial charge in [-0.2, -0.15) is 0 Å². The van der Waals surface area contributed by atoms with E-state index in [2.05, 4.69) is 41.7 Å². The second kappa shape index (κ2) is 11.5. The summed E-state index contributed by atoms with van der Waals surface area (Å²) >= 11 is 1.79. The number of hydrogen-bond acceptors (Lipinski definition) is 4. The van der Waals surface area contributed by atoms with Gasteiger partial charge in [0.05, 0.1) is 6.26 Å². The molecule has 2 heterocycles. The van der Waals surface area contributed by atoms with Crippen molar-refractivity contribution in [3.8, 4) is 0 Å². The first-order chi connectivity index (χ1) is 11.9. The van der Waals surface area contributed by atoms with Crippen molar-refractivity contribution in [2.45, 2.75) is 26.2 Å². The maximum absolute atomic E-state index is 11.6. The molecule has 150 valence electrons. The summed E-state index contributed by atoms with van der Waals surface area (Å²) in [5, 5.41) is 5.47. The van der Waals surface area contributed by atoms with Crippen LogP contribution < -0.4 is 5.32 Å². The van der Waals surface area contributed by atoms with E-state index >= 15 is 0 Å². The summed E-state index contributed by atoms with van der Waals surface area (Å²) in [5.74, 6) is 1.39. The number of sulfonamides is 1. The average molecular weight is 514 g/mol. The monoisotopic (exact) mass is 514 g/mol. The number of thiophene rings is 1. The zero-order valence-corrected chi connectivity index (χ0v) is 19.8. The number of likely N-dealkylation sites (N-methyl/N-ethyl adjacent to an activating group) is 1. The lowest BCUT2D eigenvalue weighted by Crippen LogP contribution is -2.41. The summed E-state index contributed by atoms with van der Waals surface area (Å²) in [6.45, 7) is 5.83. The van der Waals surface area contributed by atoms with Gasteiger partial charge in [-0.3, -0.25) is 4.99 Å². The molecule has 1 aliphatic heterocycles. The number of aliphatic imine (C=N–C) groups is 1. The molecule has 0 atom stereocenters. The predicted octanol–water partition coefficient (Wildman–Crippen LogP) is 2.48. The Bertz CT molecular complexity index is 642. The van der Waals surface area contributed by atoms with Gasteiger partial charge in [-0.15, -0.1) is 35.3 Å². The number of rotatable bonds is 7. The molecule has 1 aliphatic rings. The fraction of sp³-hybridized carbons (Fsp3) is 0.706. The number of guanidine groups is 1. The maximum atomic E-state index is 11.6. The van der Waals surface area contributed by atoms with Crippen molar-refractivity contribution in [3.63, 3.8) is 0 Å². The summed E-state index contributed by atoms with van der Waals surface area (Å²) < 4.78 is 24.7. The third-order valence-electron chi connectivity index (χ3n) is 4.51. The largest absolute Gasteiger partial charge is 0.357 e. The van der Waals surface area contributed by atoms with Crippen LogP contribution in [0, 0.1) is 5.92 Å². The van der Waals surface area contributed by atoms with Crippen molar-refractivity contribution < 1.29 is 8.42 Å². The lowest BCUT2D eigenvalue weighted by atomic mass is 9.98. The van der Waals surface area contributed by atoms with Gasteiger partial charge in [-0.1, -0.05) is 6.07 Å². The Kier molecular flexibility index (Phi) is 10.4. The fourth-order valence-corrected chi connectivity index (χ4v) is 4.52. The van der Waals surface area contributed by atoms with E-state index in [4.69, 9.17) is 4.99 Å². The lowest BCUT2D eigenvalue weighted by Gasteiger charge is -2.30. The summed E-state index contributed by atoms with van der Waals surface area (Å²) in [7, 11) is -0.983. The molecule has 2 rings (SSSR count). The predicted molar refractivity (Wildman–Crippen MR) is 121 cm³/mol. The Hall–Kier alpha value is -0.390. The van der Waals surface area contributed by atoms with Crippen molar-refractivity contribution in [2.24, 2.45) is 10.9 Å². The quantitative estimate of drug-likeness (QED) is 0.345. The van der Waals surface area contributed by atoms with Gasteiger partial charge in [0.1, 0.15) is 0 Å². The molecular formula is C17H31IN4O2S2. The van der Waals surface area contributed by atoms with Crippen molar-refractivity contribution >= 4 is 51.3 Å². The highest BCUT2D eigenvalue weighted by Gasteiger charge is 2.24. The van der Waals surface area contributed by atoms with Crippen LogP contribution in [0.15, 0.2) is 22.5 Å². The average Bonchev–Trinajstić information content (AvgIpc) is 3.09. The molecule has 0 bridgehead atoms. The van der Waals surface area contributed by atoms with Gasteiger partial charge in [0, 0.05) is 44.6 Å². The van der Waals surface area contributed by atoms with E-state index in [-0.39, 0.29) is 24.0 Å². The van der Waals surface area contributed by atoms with E-state index < -0.39 is 10.0 Å². The van der Waals surface area contributed by atoms with Gasteiger partial charge in [0.15, 0.2) is 5.96 Å². The van der Waals surface area contributed by atoms with Gasteiger partial charge in [-0.25, -0.2) is 12.7 Å². The van der Waals surface area contributed by atoms with E-state index in [1.54, 1.807) is 15.6 Å². The Morgan fingerprint density at radius 3 is 2.65 bits per heavy atom. The molecule has 0 aromatic carbocycles. The molecule has 0 saturated carbocycles. The van der Waals surface area contributed by atoms with Gasteiger partial charge >= 0.3 is 0 Å². The van der Waals surface area contributed by atoms with Crippen molar-refractivity contribution in [3.05, 3.63) is 22.4 Å². The third-order valence-corrected chi connectivity index (χ3v) is 6.75. The normalized spacial score (nSPS) is 17.0. The molecule has 0 unspecified atom stereocenters. The molecular weight excluding hydrogens is 483 g/mol. The molecule has 1 aromatic heterocycles. The molecule has 0 aliphatic carbocycles. The van der Waals surface area contributed by atoms with Crippen LogP contribution >= 0.6 is 35.3 Å². The van der Waals surface area contributed by atoms with E-state index in [1.165, 1.54) is 11.1 Å². The van der Waals surface area contributed by atoms with Crippen LogP contribution in [0.5, 0.6) is 0 Å². The Morgan fingerprint density at radius 2 is 2.12 bits per heavy atom. The topological polar surface area (TPSA) is 65.0 Å². The van der Waals surface area contributed by atoms with Crippen LogP contribution in [-0.2, 0) is 16.4 Å². The number of hydrogen-bond donors (Lipinski definition) is 1. The van der Waals surface area contributed by atoms with Crippen LogP contribution in [-0.4, -0.2) is 69.6 Å². The van der Waals surface area contributed by atoms with Gasteiger partial charge < -0.3 is 10.2 Å². The molecule has 6 nitrogen and oxygen atoms in total. The molecule has 0 radical (unpaired) electrons. The standard InChI is InChI=1S/C17H30N4O2S2.HI/c1-4-18-17(20(2)10-9-16-6-5-13-24-16)19-14-15-7-11-21(12-8-15)25(3,22)23;/h5-6,13,15H,4,7-12,14H2,1-3H3,(H,18,19);1H. The van der Waals surface area contributed by atoms with Crippen molar-refractivity contribution in [1.82, 2.24) is 14.5 Å². The SMILES string of the molecule is CCNC(=NCC1CCN(S(C)(=O)=O)CC1)N(C)CCc1cccs1.I. The summed E-state index contributed by atoms with van der Waals surface area (Å²) in [5.41, 5.74) is 0. The van der Waals surface area contributed by atoms with Crippen molar-refractivity contribution in [2.75, 3.05) is 46.0 Å². The van der Waals surface area contributed by atoms with Gasteiger partial charge in [0.2, 0.25) is 10.0 Å². The van der Waals surface area contributed by atoms with Crippen LogP contribution in [0.25, 0.3) is 0 Å². The highest BCUT2D eigenvalue weighted by Crippen LogP contribution is 2.19. The summed E-state index contributed by atoms with van der Waals surface area (Å²) in [6, 6.07) is 4.25. The van der Waals surface area contributed by atoms with E-state index in [9.17, 15) is 8.42 Å². The first-order valence-electron chi connectivity index (χ1n) is 8.87. The number of nitrogens with zero attached hydrogens (tertiary/aromatic N) is 3. The summed E-state index contributed by atoms with van der Waals surface area (Å²) in [4.78, 5) is 8.35. The summed E-state index contributed by atoms with van der Waals surface area (Å²) in [6.07, 6.45) is 4.08. The Labute approximate surface area is 179 Å². The van der Waals surface area contributed by atoms with Crippen LogP contribution in [0.2, 0.25) is 0 Å². The molecule has 26 heavy (non-hydrogen) atoms. The lowest BCUT2D eigenvalue weighted by molar-refractivity contribution is 0.279. The van der Waals surface area contributed by atoms with E-state index in [1.807, 2.05) is 0 Å². The third kappa shape index (κ3) is 7.69. The zero-order valence-electron chi connectivity index (χ0n) is 15.8. The van der Waals surface area contributed by atoms with Gasteiger partial charge in [0.25, 0.3) is 0 Å². The molecule has 0 spiro atoms. The molecule has 1 saturated heterocycles. The van der Waals surface area contributed by atoms with E-state index in [0.717, 1.165) is 44.9 Å². The minimum Gasteiger partial charge on any atom is -0.357 e. The molecule has 1 fully saturated rings. The Balaban J connectivity index is 0.00000338. The van der Waals surface area contributed by atoms with Crippen LogP contribution in [0.4, 0.5) is 0 Å². The maximum Gasteiger partial charge on any atom is 0.211 e. The second-order valence-corrected chi connectivity index (χ2v) is 9.57. The number of halogens is 1. The highest BCUT2D eigenvalue weighted by molar-refractivity contribution is 14.0. The second-order valence-electron chi connectivity index (χ2n) is 6.55. The smallest absolute Gasteiger partial charge is 0.211 e. The van der Waals surface area contributed by atoms with Crippen molar-refractivity contribution in [1.29, 1.82) is 0 Å². The van der Waals surface area contributed by atoms with Crippen LogP contribution in [0.1, 0.15) is 24.6 Å². The highest BCUT2D eigenvalue weighted by atomic mass is 127. The molecule has 0 amide bonds. The first-order valence-corrected chi connectivity index (χ1v) is 11.6. The Morgan fingerprint density at radius 1 is 1.42 bits per heavy atom. The minimum absolute atomic E-state index is 0. The number of piperidine rings is 1. The molecule has 9 heteroatoms. The minimum atomic E-state index is -3.05. The number of nitrogens with one attached hydrogen (secondary N) is 1. The van der Waals surface area contributed by atoms with Gasteiger partial charge in [-0.05, 0) is 43.6 Å². The fourth-order valence-electron chi connectivity index (χ4n) is 2.95. The molecule has 1 aromatic rings. The zero-order chi connectivity index (χ0) is 18.3.